The van der Waals surface area contributed by atoms with Crippen LogP contribution in [0.3, 0.4) is 0 Å². The quantitative estimate of drug-likeness (QED) is 0.733. The minimum Gasteiger partial charge on any atom is -0.392 e. The van der Waals surface area contributed by atoms with E-state index >= 15 is 0 Å². The molecule has 1 rings (SSSR count). The largest absolute Gasteiger partial charge is 0.392 e. The fourth-order valence-corrected chi connectivity index (χ4v) is 4.47. The van der Waals surface area contributed by atoms with Crippen LogP contribution in [0.1, 0.15) is 52.9 Å². The third-order valence-corrected chi connectivity index (χ3v) is 5.88. The molecule has 0 aromatic carbocycles. The number of hydrogen-bond donors (Lipinski definition) is 1. The molecule has 20 heavy (non-hydrogen) atoms. The second-order valence-electron chi connectivity index (χ2n) is 5.60. The fraction of sp³-hybridized carbons (Fsp3) is 0.867. The molecule has 0 saturated carbocycles. The highest BCUT2D eigenvalue weighted by Gasteiger charge is 2.43. The molecule has 1 saturated heterocycles. The van der Waals surface area contributed by atoms with Crippen molar-refractivity contribution in [2.24, 2.45) is 11.1 Å². The van der Waals surface area contributed by atoms with Crippen LogP contribution in [-0.2, 0) is 4.79 Å². The van der Waals surface area contributed by atoms with Gasteiger partial charge in [-0.3, -0.25) is 4.79 Å². The van der Waals surface area contributed by atoms with Gasteiger partial charge in [0.2, 0.25) is 5.91 Å². The Balaban J connectivity index is 2.94. The van der Waals surface area contributed by atoms with Crippen molar-refractivity contribution in [3.05, 3.63) is 0 Å². The van der Waals surface area contributed by atoms with E-state index in [4.69, 9.17) is 18.0 Å². The minimum absolute atomic E-state index is 0.174. The molecule has 1 atom stereocenters. The van der Waals surface area contributed by atoms with E-state index in [1.165, 1.54) is 0 Å². The van der Waals surface area contributed by atoms with Gasteiger partial charge in [-0.15, -0.1) is 0 Å². The van der Waals surface area contributed by atoms with Crippen LogP contribution in [0.5, 0.6) is 0 Å². The number of nitrogens with zero attached hydrogens (tertiary/aromatic N) is 1. The monoisotopic (exact) mass is 316 g/mol. The Kier molecular flexibility index (Phi) is 7.30. The maximum Gasteiger partial charge on any atom is 0.235 e. The summed E-state index contributed by atoms with van der Waals surface area (Å²) in [5, 5.41) is 0.556. The first kappa shape index (κ1) is 17.8. The normalized spacial score (nSPS) is 19.9. The van der Waals surface area contributed by atoms with E-state index < -0.39 is 5.41 Å². The first-order chi connectivity index (χ1) is 9.51. The molecule has 0 spiro atoms. The van der Waals surface area contributed by atoms with Crippen molar-refractivity contribution in [1.82, 2.24) is 4.90 Å². The zero-order chi connectivity index (χ0) is 15.2. The topological polar surface area (TPSA) is 46.3 Å². The van der Waals surface area contributed by atoms with Gasteiger partial charge in [-0.2, -0.15) is 11.8 Å². The number of rotatable bonds is 7. The summed E-state index contributed by atoms with van der Waals surface area (Å²) in [6.45, 7) is 8.05. The van der Waals surface area contributed by atoms with E-state index in [1.807, 2.05) is 16.7 Å². The van der Waals surface area contributed by atoms with Crippen molar-refractivity contribution in [2.75, 3.05) is 18.8 Å². The van der Waals surface area contributed by atoms with Crippen LogP contribution in [-0.4, -0.2) is 39.9 Å². The van der Waals surface area contributed by atoms with Gasteiger partial charge in [0.05, 0.1) is 10.4 Å². The van der Waals surface area contributed by atoms with E-state index in [0.29, 0.717) is 10.2 Å². The van der Waals surface area contributed by atoms with Gasteiger partial charge in [0.15, 0.2) is 0 Å². The molecule has 1 aliphatic rings. The van der Waals surface area contributed by atoms with Gasteiger partial charge < -0.3 is 10.6 Å². The lowest BCUT2D eigenvalue weighted by atomic mass is 9.77. The van der Waals surface area contributed by atoms with Crippen LogP contribution in [0.15, 0.2) is 0 Å². The van der Waals surface area contributed by atoms with Crippen LogP contribution in [0.25, 0.3) is 0 Å². The molecule has 0 aromatic heterocycles. The van der Waals surface area contributed by atoms with Crippen LogP contribution >= 0.6 is 24.0 Å². The summed E-state index contributed by atoms with van der Waals surface area (Å²) in [6, 6.07) is 0. The summed E-state index contributed by atoms with van der Waals surface area (Å²) in [7, 11) is 0. The summed E-state index contributed by atoms with van der Waals surface area (Å²) in [4.78, 5) is 15.4. The second kappa shape index (κ2) is 8.23. The van der Waals surface area contributed by atoms with E-state index in [0.717, 1.165) is 50.9 Å². The van der Waals surface area contributed by atoms with Gasteiger partial charge in [0.1, 0.15) is 0 Å². The van der Waals surface area contributed by atoms with Crippen molar-refractivity contribution in [3.63, 3.8) is 0 Å². The van der Waals surface area contributed by atoms with Crippen molar-refractivity contribution in [1.29, 1.82) is 0 Å². The number of thiocarbonyl (C=S) groups is 1. The summed E-state index contributed by atoms with van der Waals surface area (Å²) < 4.78 is 0. The first-order valence-electron chi connectivity index (χ1n) is 7.72. The molecule has 1 amide bonds. The molecule has 1 unspecified atom stereocenters. The number of thioether (sulfide) groups is 1. The third-order valence-electron chi connectivity index (χ3n) is 4.12. The van der Waals surface area contributed by atoms with Crippen LogP contribution in [0.2, 0.25) is 0 Å². The predicted molar refractivity (Wildman–Crippen MR) is 92.2 cm³/mol. The molecule has 0 bridgehead atoms. The zero-order valence-corrected chi connectivity index (χ0v) is 14.6. The van der Waals surface area contributed by atoms with E-state index in [2.05, 4.69) is 20.8 Å². The number of carbonyl (C=O) groups excluding carboxylic acids is 1. The average molecular weight is 317 g/mol. The third kappa shape index (κ3) is 3.88. The van der Waals surface area contributed by atoms with Crippen LogP contribution in [0, 0.1) is 5.41 Å². The SMILES string of the molecule is CCCC(CCC)(C(=O)N1CCSC(CC)C1)C(N)=S. The lowest BCUT2D eigenvalue weighted by molar-refractivity contribution is -0.139. The number of carbonyl (C=O) groups is 1. The molecule has 1 aliphatic heterocycles. The molecule has 0 aliphatic carbocycles. The molecule has 1 heterocycles. The lowest BCUT2D eigenvalue weighted by Crippen LogP contribution is -2.53. The Morgan fingerprint density at radius 3 is 2.40 bits per heavy atom. The number of hydrogen-bond acceptors (Lipinski definition) is 3. The van der Waals surface area contributed by atoms with Crippen molar-refractivity contribution in [3.8, 4) is 0 Å². The van der Waals surface area contributed by atoms with Crippen LogP contribution in [0.4, 0.5) is 0 Å². The summed E-state index contributed by atoms with van der Waals surface area (Å²) in [6.07, 6.45) is 4.52. The molecule has 1 fully saturated rings. The maximum absolute atomic E-state index is 13.1. The Labute approximate surface area is 133 Å². The molecular weight excluding hydrogens is 288 g/mol. The smallest absolute Gasteiger partial charge is 0.235 e. The highest BCUT2D eigenvalue weighted by Crippen LogP contribution is 2.34. The zero-order valence-electron chi connectivity index (χ0n) is 13.0. The van der Waals surface area contributed by atoms with Crippen molar-refractivity contribution in [2.45, 2.75) is 58.1 Å². The van der Waals surface area contributed by atoms with Crippen molar-refractivity contribution >= 4 is 34.9 Å². The van der Waals surface area contributed by atoms with E-state index in [-0.39, 0.29) is 5.91 Å². The minimum atomic E-state index is -0.612. The van der Waals surface area contributed by atoms with Gasteiger partial charge >= 0.3 is 0 Å². The highest BCUT2D eigenvalue weighted by atomic mass is 32.2. The summed E-state index contributed by atoms with van der Waals surface area (Å²) in [5.41, 5.74) is 5.39. The Morgan fingerprint density at radius 2 is 1.95 bits per heavy atom. The summed E-state index contributed by atoms with van der Waals surface area (Å²) in [5.74, 6) is 1.20. The van der Waals surface area contributed by atoms with Gasteiger partial charge in [0.25, 0.3) is 0 Å². The van der Waals surface area contributed by atoms with Gasteiger partial charge in [0, 0.05) is 24.1 Å². The van der Waals surface area contributed by atoms with Gasteiger partial charge in [-0.05, 0) is 19.3 Å². The van der Waals surface area contributed by atoms with E-state index in [9.17, 15) is 4.79 Å². The molecule has 0 aromatic rings. The molecular formula is C15H28N2OS2. The maximum atomic E-state index is 13.1. The predicted octanol–water partition coefficient (Wildman–Crippen LogP) is 3.21. The number of amides is 1. The fourth-order valence-electron chi connectivity index (χ4n) is 3.00. The Bertz CT molecular complexity index is 341. The first-order valence-corrected chi connectivity index (χ1v) is 9.18. The molecule has 2 N–H and O–H groups in total. The van der Waals surface area contributed by atoms with Gasteiger partial charge in [-0.25, -0.2) is 0 Å². The van der Waals surface area contributed by atoms with Gasteiger partial charge in [-0.1, -0.05) is 45.8 Å². The Morgan fingerprint density at radius 1 is 1.35 bits per heavy atom. The lowest BCUT2D eigenvalue weighted by Gasteiger charge is -2.40. The number of nitrogens with two attached hydrogens (primary N) is 1. The second-order valence-corrected chi connectivity index (χ2v) is 7.45. The van der Waals surface area contributed by atoms with Crippen LogP contribution < -0.4 is 5.73 Å². The standard InChI is InChI=1S/C15H28N2OS2/c1-4-7-15(8-5-2,13(16)19)14(18)17-9-10-20-12(6-3)11-17/h12H,4-11H2,1-3H3,(H2,16,19). The van der Waals surface area contributed by atoms with Crippen molar-refractivity contribution < 1.29 is 4.79 Å². The molecule has 3 nitrogen and oxygen atoms in total. The highest BCUT2D eigenvalue weighted by molar-refractivity contribution is 8.00. The molecule has 0 radical (unpaired) electrons. The van der Waals surface area contributed by atoms with E-state index in [1.54, 1.807) is 0 Å². The molecule has 116 valence electrons. The summed E-state index contributed by atoms with van der Waals surface area (Å²) >= 11 is 7.26. The average Bonchev–Trinajstić information content (AvgIpc) is 2.46. The Hall–Kier alpha value is -0.290. The molecule has 5 heteroatoms.